The summed E-state index contributed by atoms with van der Waals surface area (Å²) in [5, 5.41) is 4.13. The number of nitrogens with zero attached hydrogens (tertiary/aromatic N) is 2. The fraction of sp³-hybridized carbons (Fsp3) is 0.257. The van der Waals surface area contributed by atoms with Crippen LogP contribution in [-0.4, -0.2) is 44.3 Å². The number of anilines is 1. The zero-order valence-electron chi connectivity index (χ0n) is 25.6. The first-order valence-corrected chi connectivity index (χ1v) is 17.5. The number of unbranched alkanes of at least 4 members (excludes halogenated alkanes) is 1. The lowest BCUT2D eigenvalue weighted by atomic mass is 10.0. The third-order valence-electron chi connectivity index (χ3n) is 7.49. The molecule has 0 aliphatic heterocycles. The van der Waals surface area contributed by atoms with Crippen molar-refractivity contribution in [2.75, 3.05) is 17.4 Å². The van der Waals surface area contributed by atoms with E-state index in [1.165, 1.54) is 17.0 Å². The van der Waals surface area contributed by atoms with Crippen LogP contribution >= 0.6 is 34.8 Å². The largest absolute Gasteiger partial charge is 0.354 e. The molecule has 1 atom stereocenters. The van der Waals surface area contributed by atoms with E-state index in [9.17, 15) is 18.0 Å². The first-order valence-electron chi connectivity index (χ1n) is 14.9. The minimum atomic E-state index is -4.23. The Labute approximate surface area is 286 Å². The van der Waals surface area contributed by atoms with Crippen LogP contribution in [-0.2, 0) is 32.6 Å². The summed E-state index contributed by atoms with van der Waals surface area (Å²) in [6, 6.07) is 26.0. The molecule has 2 amide bonds. The zero-order valence-corrected chi connectivity index (χ0v) is 28.7. The molecule has 0 saturated heterocycles. The molecule has 242 valence electrons. The Morgan fingerprint density at radius 2 is 1.48 bits per heavy atom. The van der Waals surface area contributed by atoms with Crippen molar-refractivity contribution >= 4 is 62.3 Å². The van der Waals surface area contributed by atoms with E-state index in [2.05, 4.69) is 5.32 Å². The number of aryl methyl sites for hydroxylation is 1. The van der Waals surface area contributed by atoms with Gasteiger partial charge < -0.3 is 10.2 Å². The van der Waals surface area contributed by atoms with Gasteiger partial charge in [0, 0.05) is 34.6 Å². The Bertz CT molecular complexity index is 1760. The van der Waals surface area contributed by atoms with Gasteiger partial charge in [0.15, 0.2) is 0 Å². The van der Waals surface area contributed by atoms with Gasteiger partial charge in [-0.15, -0.1) is 0 Å². The van der Waals surface area contributed by atoms with Crippen LogP contribution in [0.5, 0.6) is 0 Å². The Kier molecular flexibility index (Phi) is 12.5. The topological polar surface area (TPSA) is 86.8 Å². The number of halogens is 3. The maximum atomic E-state index is 14.6. The summed E-state index contributed by atoms with van der Waals surface area (Å²) in [4.78, 5) is 29.9. The van der Waals surface area contributed by atoms with Crippen molar-refractivity contribution in [3.05, 3.63) is 129 Å². The number of rotatable bonds is 14. The van der Waals surface area contributed by atoms with E-state index in [1.807, 2.05) is 37.3 Å². The molecule has 0 spiro atoms. The van der Waals surface area contributed by atoms with Gasteiger partial charge in [0.2, 0.25) is 11.8 Å². The lowest BCUT2D eigenvalue weighted by molar-refractivity contribution is -0.140. The van der Waals surface area contributed by atoms with E-state index >= 15 is 0 Å². The highest BCUT2D eigenvalue weighted by Gasteiger charge is 2.35. The van der Waals surface area contributed by atoms with E-state index < -0.39 is 28.5 Å². The molecule has 46 heavy (non-hydrogen) atoms. The molecule has 7 nitrogen and oxygen atoms in total. The zero-order chi connectivity index (χ0) is 33.3. The number of nitrogens with one attached hydrogen (secondary N) is 1. The Morgan fingerprint density at radius 3 is 2.11 bits per heavy atom. The van der Waals surface area contributed by atoms with Crippen LogP contribution in [0.15, 0.2) is 102 Å². The third kappa shape index (κ3) is 9.04. The molecule has 0 radical (unpaired) electrons. The highest BCUT2D eigenvalue weighted by molar-refractivity contribution is 7.92. The van der Waals surface area contributed by atoms with Crippen LogP contribution in [0.1, 0.15) is 36.5 Å². The maximum absolute atomic E-state index is 14.6. The van der Waals surface area contributed by atoms with Gasteiger partial charge in [-0.05, 0) is 72.5 Å². The molecule has 11 heteroatoms. The maximum Gasteiger partial charge on any atom is 0.264 e. The van der Waals surface area contributed by atoms with Gasteiger partial charge in [-0.25, -0.2) is 8.42 Å². The number of carbonyl (C=O) groups excluding carboxylic acids is 2. The summed E-state index contributed by atoms with van der Waals surface area (Å²) >= 11 is 19.0. The second-order valence-corrected chi connectivity index (χ2v) is 14.0. The van der Waals surface area contributed by atoms with Gasteiger partial charge in [0.05, 0.1) is 10.6 Å². The molecule has 4 rings (SSSR count). The van der Waals surface area contributed by atoms with Gasteiger partial charge in [-0.2, -0.15) is 0 Å². The summed E-state index contributed by atoms with van der Waals surface area (Å²) in [6.45, 7) is 3.53. The molecule has 0 saturated carbocycles. The number of carbonyl (C=O) groups is 2. The van der Waals surface area contributed by atoms with Crippen molar-refractivity contribution in [1.29, 1.82) is 0 Å². The summed E-state index contributed by atoms with van der Waals surface area (Å²) < 4.78 is 29.4. The van der Waals surface area contributed by atoms with Crippen molar-refractivity contribution in [3.63, 3.8) is 0 Å². The predicted octanol–water partition coefficient (Wildman–Crippen LogP) is 7.71. The Hall–Kier alpha value is -3.56. The number of amides is 2. The fourth-order valence-electron chi connectivity index (χ4n) is 5.03. The number of hydrogen-bond acceptors (Lipinski definition) is 4. The van der Waals surface area contributed by atoms with Crippen LogP contribution in [0.3, 0.4) is 0 Å². The molecule has 0 heterocycles. The third-order valence-corrected chi connectivity index (χ3v) is 10.1. The molecule has 0 bridgehead atoms. The van der Waals surface area contributed by atoms with E-state index in [0.29, 0.717) is 32.7 Å². The minimum Gasteiger partial charge on any atom is -0.354 e. The summed E-state index contributed by atoms with van der Waals surface area (Å²) in [5.41, 5.74) is 2.24. The van der Waals surface area contributed by atoms with Gasteiger partial charge in [0.1, 0.15) is 12.6 Å². The average Bonchev–Trinajstić information content (AvgIpc) is 3.03. The van der Waals surface area contributed by atoms with Gasteiger partial charge >= 0.3 is 0 Å². The summed E-state index contributed by atoms with van der Waals surface area (Å²) in [7, 11) is -4.23. The van der Waals surface area contributed by atoms with E-state index in [4.69, 9.17) is 34.8 Å². The molecule has 0 aliphatic carbocycles. The lowest BCUT2D eigenvalue weighted by Gasteiger charge is -2.34. The highest BCUT2D eigenvalue weighted by atomic mass is 35.5. The summed E-state index contributed by atoms with van der Waals surface area (Å²) in [6.07, 6.45) is 1.83. The van der Waals surface area contributed by atoms with Gasteiger partial charge in [-0.1, -0.05) is 103 Å². The fourth-order valence-corrected chi connectivity index (χ4v) is 7.22. The molecule has 4 aromatic carbocycles. The van der Waals surface area contributed by atoms with Crippen molar-refractivity contribution in [2.45, 2.75) is 50.6 Å². The SMILES string of the molecule is CCCCNC(=O)[C@H](Cc1ccccc1)N(Cc1ccc(Cl)cc1Cl)C(=O)CN(c1ccc(Cl)cc1C)S(=O)(=O)c1ccccc1. The van der Waals surface area contributed by atoms with Crippen LogP contribution in [0.2, 0.25) is 15.1 Å². The lowest BCUT2D eigenvalue weighted by Crippen LogP contribution is -2.53. The molecule has 4 aromatic rings. The standard InChI is InChI=1S/C35H36Cl3N3O4S/c1-3-4-19-39-35(43)33(21-26-11-7-5-8-12-26)40(23-27-15-16-29(37)22-31(27)38)34(42)24-41(32-18-17-28(36)20-25(32)2)46(44,45)30-13-9-6-10-14-30/h5-18,20,22,33H,3-4,19,21,23-24H2,1-2H3,(H,39,43)/t33-/m0/s1. The van der Waals surface area contributed by atoms with E-state index in [1.54, 1.807) is 61.5 Å². The van der Waals surface area contributed by atoms with E-state index in [-0.39, 0.29) is 29.5 Å². The van der Waals surface area contributed by atoms with Gasteiger partial charge in [-0.3, -0.25) is 13.9 Å². The number of hydrogen-bond donors (Lipinski definition) is 1. The van der Waals surface area contributed by atoms with E-state index in [0.717, 1.165) is 22.7 Å². The quantitative estimate of drug-likeness (QED) is 0.137. The van der Waals surface area contributed by atoms with Crippen molar-refractivity contribution in [3.8, 4) is 0 Å². The van der Waals surface area contributed by atoms with Crippen LogP contribution < -0.4 is 9.62 Å². The molecule has 1 N–H and O–H groups in total. The molecule has 0 aliphatic rings. The second-order valence-electron chi connectivity index (χ2n) is 10.9. The Morgan fingerprint density at radius 1 is 0.848 bits per heavy atom. The van der Waals surface area contributed by atoms with Gasteiger partial charge in [0.25, 0.3) is 10.0 Å². The number of sulfonamides is 1. The van der Waals surface area contributed by atoms with Crippen LogP contribution in [0, 0.1) is 6.92 Å². The Balaban J connectivity index is 1.83. The average molecular weight is 701 g/mol. The first kappa shape index (κ1) is 35.3. The highest BCUT2D eigenvalue weighted by Crippen LogP contribution is 2.30. The van der Waals surface area contributed by atoms with Crippen LogP contribution in [0.4, 0.5) is 5.69 Å². The molecular weight excluding hydrogens is 665 g/mol. The minimum absolute atomic E-state index is 0.0163. The molecular formula is C35H36Cl3N3O4S. The molecule has 0 fully saturated rings. The second kappa shape index (κ2) is 16.3. The number of benzene rings is 4. The predicted molar refractivity (Wildman–Crippen MR) is 186 cm³/mol. The summed E-state index contributed by atoms with van der Waals surface area (Å²) in [5.74, 6) is -0.942. The first-order chi connectivity index (χ1) is 22.0. The smallest absolute Gasteiger partial charge is 0.264 e. The van der Waals surface area contributed by atoms with Crippen molar-refractivity contribution in [2.24, 2.45) is 0 Å². The van der Waals surface area contributed by atoms with Crippen LogP contribution in [0.25, 0.3) is 0 Å². The monoisotopic (exact) mass is 699 g/mol. The molecule has 0 unspecified atom stereocenters. The van der Waals surface area contributed by atoms with Crippen molar-refractivity contribution < 1.29 is 18.0 Å². The van der Waals surface area contributed by atoms with Crippen molar-refractivity contribution in [1.82, 2.24) is 10.2 Å². The normalized spacial score (nSPS) is 11.9. The molecule has 0 aromatic heterocycles.